The minimum Gasteiger partial charge on any atom is -0.350 e. The lowest BCUT2D eigenvalue weighted by molar-refractivity contribution is 0.0933. The van der Waals surface area contributed by atoms with Crippen molar-refractivity contribution < 1.29 is 4.79 Å². The largest absolute Gasteiger partial charge is 0.350 e. The van der Waals surface area contributed by atoms with E-state index in [-0.39, 0.29) is 5.91 Å². The van der Waals surface area contributed by atoms with E-state index in [0.717, 1.165) is 36.2 Å². The van der Waals surface area contributed by atoms with Crippen LogP contribution in [0.4, 0.5) is 0 Å². The van der Waals surface area contributed by atoms with Crippen LogP contribution >= 0.6 is 11.3 Å². The fraction of sp³-hybridized carbons (Fsp3) is 0.261. The summed E-state index contributed by atoms with van der Waals surface area (Å²) in [6.45, 7) is 4.89. The Labute approximate surface area is 164 Å². The maximum atomic E-state index is 12.9. The third-order valence-electron chi connectivity index (χ3n) is 5.28. The quantitative estimate of drug-likeness (QED) is 0.706. The molecule has 4 rings (SSSR count). The van der Waals surface area contributed by atoms with Crippen molar-refractivity contribution >= 4 is 17.2 Å². The molecule has 1 N–H and O–H groups in total. The van der Waals surface area contributed by atoms with Crippen LogP contribution in [0.2, 0.25) is 0 Å². The van der Waals surface area contributed by atoms with Crippen LogP contribution in [0.3, 0.4) is 0 Å². The first-order chi connectivity index (χ1) is 13.2. The number of thiophene rings is 1. The van der Waals surface area contributed by atoms with Crippen molar-refractivity contribution in [2.45, 2.75) is 25.9 Å². The maximum absolute atomic E-state index is 12.9. The summed E-state index contributed by atoms with van der Waals surface area (Å²) >= 11 is 1.86. The third kappa shape index (κ3) is 3.97. The zero-order valence-corrected chi connectivity index (χ0v) is 16.3. The molecule has 0 aliphatic carbocycles. The molecule has 0 fully saturated rings. The van der Waals surface area contributed by atoms with Crippen molar-refractivity contribution in [1.82, 2.24) is 10.2 Å². The van der Waals surface area contributed by atoms with Gasteiger partial charge in [0.1, 0.15) is 0 Å². The number of nitrogens with zero attached hydrogens (tertiary/aromatic N) is 1. The number of carbonyl (C=O) groups excluding carboxylic acids is 1. The van der Waals surface area contributed by atoms with Gasteiger partial charge in [0, 0.05) is 36.1 Å². The first kappa shape index (κ1) is 18.0. The number of hydrogen-bond acceptors (Lipinski definition) is 3. The molecule has 1 amide bonds. The summed E-state index contributed by atoms with van der Waals surface area (Å²) in [7, 11) is 0. The van der Waals surface area contributed by atoms with Crippen molar-refractivity contribution in [1.29, 1.82) is 0 Å². The molecule has 2 aromatic carbocycles. The Bertz CT molecular complexity index is 919. The number of benzene rings is 2. The molecule has 1 aliphatic heterocycles. The fourth-order valence-corrected chi connectivity index (χ4v) is 4.55. The van der Waals surface area contributed by atoms with Crippen LogP contribution in [-0.4, -0.2) is 29.9 Å². The van der Waals surface area contributed by atoms with E-state index in [9.17, 15) is 4.79 Å². The topological polar surface area (TPSA) is 32.3 Å². The zero-order valence-electron chi connectivity index (χ0n) is 15.5. The Morgan fingerprint density at radius 2 is 1.89 bits per heavy atom. The molecule has 0 spiro atoms. The van der Waals surface area contributed by atoms with Crippen LogP contribution in [0.1, 0.15) is 27.7 Å². The number of hydrogen-bond donors (Lipinski definition) is 1. The van der Waals surface area contributed by atoms with Crippen LogP contribution < -0.4 is 5.32 Å². The Morgan fingerprint density at radius 1 is 1.11 bits per heavy atom. The van der Waals surface area contributed by atoms with Crippen LogP contribution in [0.25, 0.3) is 11.1 Å². The average Bonchev–Trinajstić information content (AvgIpc) is 3.20. The summed E-state index contributed by atoms with van der Waals surface area (Å²) in [5, 5.41) is 5.33. The van der Waals surface area contributed by atoms with Gasteiger partial charge < -0.3 is 5.32 Å². The van der Waals surface area contributed by atoms with Gasteiger partial charge in [-0.3, -0.25) is 9.69 Å². The summed E-state index contributed by atoms with van der Waals surface area (Å²) in [5.74, 6) is -0.00506. The highest BCUT2D eigenvalue weighted by molar-refractivity contribution is 7.10. The van der Waals surface area contributed by atoms with E-state index in [4.69, 9.17) is 0 Å². The average molecular weight is 377 g/mol. The van der Waals surface area contributed by atoms with Gasteiger partial charge in [-0.1, -0.05) is 48.5 Å². The highest BCUT2D eigenvalue weighted by atomic mass is 32.1. The van der Waals surface area contributed by atoms with Gasteiger partial charge >= 0.3 is 0 Å². The summed E-state index contributed by atoms with van der Waals surface area (Å²) in [5.41, 5.74) is 4.22. The van der Waals surface area contributed by atoms with Crippen molar-refractivity contribution in [2.75, 3.05) is 13.1 Å². The molecule has 3 aromatic rings. The number of carbonyl (C=O) groups is 1. The highest BCUT2D eigenvalue weighted by Gasteiger charge is 2.22. The van der Waals surface area contributed by atoms with E-state index in [2.05, 4.69) is 28.6 Å². The molecule has 0 bridgehead atoms. The van der Waals surface area contributed by atoms with E-state index in [1.807, 2.05) is 65.9 Å². The normalized spacial score (nSPS) is 15.1. The molecule has 138 valence electrons. The number of rotatable bonds is 5. The molecule has 3 nitrogen and oxygen atoms in total. The summed E-state index contributed by atoms with van der Waals surface area (Å²) in [6, 6.07) is 20.4. The van der Waals surface area contributed by atoms with Gasteiger partial charge in [0.2, 0.25) is 0 Å². The molecule has 1 aromatic heterocycles. The highest BCUT2D eigenvalue weighted by Crippen LogP contribution is 2.25. The second-order valence-electron chi connectivity index (χ2n) is 7.06. The third-order valence-corrected chi connectivity index (χ3v) is 6.30. The summed E-state index contributed by atoms with van der Waals surface area (Å²) in [4.78, 5) is 16.8. The first-order valence-electron chi connectivity index (χ1n) is 9.44. The SMILES string of the molecule is CC(CNC(=O)c1ccccc1-c1ccccc1)N1CCc2sccc2C1. The van der Waals surface area contributed by atoms with Crippen molar-refractivity contribution in [3.63, 3.8) is 0 Å². The summed E-state index contributed by atoms with van der Waals surface area (Å²) in [6.07, 6.45) is 1.11. The van der Waals surface area contributed by atoms with E-state index in [0.29, 0.717) is 12.6 Å². The number of nitrogens with one attached hydrogen (secondary N) is 1. The predicted molar refractivity (Wildman–Crippen MR) is 112 cm³/mol. The van der Waals surface area contributed by atoms with E-state index < -0.39 is 0 Å². The molecule has 0 saturated heterocycles. The van der Waals surface area contributed by atoms with Gasteiger partial charge in [0.25, 0.3) is 5.91 Å². The van der Waals surface area contributed by atoms with Gasteiger partial charge in [-0.25, -0.2) is 0 Å². The number of amides is 1. The zero-order chi connectivity index (χ0) is 18.6. The standard InChI is InChI=1S/C23H24N2OS/c1-17(25-13-11-22-19(16-25)12-14-27-22)15-24-23(26)21-10-6-5-9-20(21)18-7-3-2-4-8-18/h2-10,12,14,17H,11,13,15-16H2,1H3,(H,24,26). The lowest BCUT2D eigenvalue weighted by Crippen LogP contribution is -2.44. The monoisotopic (exact) mass is 376 g/mol. The van der Waals surface area contributed by atoms with Crippen LogP contribution in [0.15, 0.2) is 66.0 Å². The molecule has 2 heterocycles. The molecular weight excluding hydrogens is 352 g/mol. The van der Waals surface area contributed by atoms with Gasteiger partial charge in [-0.15, -0.1) is 11.3 Å². The second-order valence-corrected chi connectivity index (χ2v) is 8.06. The fourth-order valence-electron chi connectivity index (χ4n) is 3.66. The van der Waals surface area contributed by atoms with E-state index >= 15 is 0 Å². The van der Waals surface area contributed by atoms with E-state index in [1.165, 1.54) is 10.4 Å². The van der Waals surface area contributed by atoms with Gasteiger partial charge in [0.05, 0.1) is 0 Å². The Morgan fingerprint density at radius 3 is 2.74 bits per heavy atom. The lowest BCUT2D eigenvalue weighted by Gasteiger charge is -2.32. The predicted octanol–water partition coefficient (Wildman–Crippen LogP) is 4.59. The molecule has 1 aliphatic rings. The molecule has 1 atom stereocenters. The number of fused-ring (bicyclic) bond motifs is 1. The van der Waals surface area contributed by atoms with Crippen LogP contribution in [0.5, 0.6) is 0 Å². The van der Waals surface area contributed by atoms with Gasteiger partial charge in [-0.05, 0) is 47.5 Å². The lowest BCUT2D eigenvalue weighted by atomic mass is 9.99. The van der Waals surface area contributed by atoms with Gasteiger partial charge in [0.15, 0.2) is 0 Å². The smallest absolute Gasteiger partial charge is 0.251 e. The van der Waals surface area contributed by atoms with Crippen LogP contribution in [0, 0.1) is 0 Å². The molecule has 27 heavy (non-hydrogen) atoms. The molecule has 0 saturated carbocycles. The van der Waals surface area contributed by atoms with E-state index in [1.54, 1.807) is 0 Å². The first-order valence-corrected chi connectivity index (χ1v) is 10.3. The van der Waals surface area contributed by atoms with Crippen LogP contribution in [-0.2, 0) is 13.0 Å². The molecule has 0 radical (unpaired) electrons. The minimum atomic E-state index is -0.00506. The molecule has 4 heteroatoms. The van der Waals surface area contributed by atoms with Crippen molar-refractivity contribution in [3.8, 4) is 11.1 Å². The molecular formula is C23H24N2OS. The van der Waals surface area contributed by atoms with Gasteiger partial charge in [-0.2, -0.15) is 0 Å². The Balaban J connectivity index is 1.42. The Kier molecular flexibility index (Phi) is 5.37. The molecule has 1 unspecified atom stereocenters. The maximum Gasteiger partial charge on any atom is 0.251 e. The van der Waals surface area contributed by atoms with Crippen molar-refractivity contribution in [3.05, 3.63) is 82.0 Å². The Hall–Kier alpha value is -2.43. The summed E-state index contributed by atoms with van der Waals surface area (Å²) < 4.78 is 0. The van der Waals surface area contributed by atoms with Crippen molar-refractivity contribution in [2.24, 2.45) is 0 Å². The minimum absolute atomic E-state index is 0.00506. The second kappa shape index (κ2) is 8.07.